The van der Waals surface area contributed by atoms with Crippen molar-refractivity contribution in [3.63, 3.8) is 0 Å². The molecule has 0 aliphatic heterocycles. The molecule has 0 unspecified atom stereocenters. The second kappa shape index (κ2) is 11.6. The number of amides is 1. The summed E-state index contributed by atoms with van der Waals surface area (Å²) in [5, 5.41) is 15.5. The van der Waals surface area contributed by atoms with Crippen LogP contribution in [0.4, 0.5) is 28.0 Å². The number of carbonyl (C=O) groups is 1. The number of fused-ring (bicyclic) bond motifs is 1. The number of ether oxygens (including phenoxy) is 1. The van der Waals surface area contributed by atoms with Gasteiger partial charge in [-0.2, -0.15) is 18.7 Å². The highest BCUT2D eigenvalue weighted by atomic mass is 19.4. The maximum Gasteiger partial charge on any atom is 0.419 e. The lowest BCUT2D eigenvalue weighted by Gasteiger charge is -2.12. The van der Waals surface area contributed by atoms with Crippen molar-refractivity contribution in [2.45, 2.75) is 12.7 Å². The molecule has 2 aromatic carbocycles. The number of carbonyl (C=O) groups excluding carboxylic acids is 1. The van der Waals surface area contributed by atoms with Gasteiger partial charge in [0.15, 0.2) is 0 Å². The Balaban J connectivity index is 1.44. The third-order valence-electron chi connectivity index (χ3n) is 5.38. The van der Waals surface area contributed by atoms with Gasteiger partial charge in [0.2, 0.25) is 5.88 Å². The quantitative estimate of drug-likeness (QED) is 0.0800. The van der Waals surface area contributed by atoms with E-state index in [0.717, 1.165) is 6.07 Å². The van der Waals surface area contributed by atoms with Crippen molar-refractivity contribution in [2.24, 2.45) is 10.3 Å². The zero-order valence-electron chi connectivity index (χ0n) is 20.3. The van der Waals surface area contributed by atoms with Gasteiger partial charge in [0, 0.05) is 36.9 Å². The highest BCUT2D eigenvalue weighted by Crippen LogP contribution is 2.33. The molecule has 0 aliphatic carbocycles. The SMILES string of the molecule is CN/C(CNCc1cc(Oc2ccc3c(ccn3C(=O)Nc3ccc(F)c(C(F)(F)F)c3)c2)ncn1)=N\N=N. The molecule has 4 N–H and O–H groups in total. The summed E-state index contributed by atoms with van der Waals surface area (Å²) in [6.07, 6.45) is -2.10. The zero-order chi connectivity index (χ0) is 28.0. The molecule has 0 saturated heterocycles. The molecule has 0 saturated carbocycles. The summed E-state index contributed by atoms with van der Waals surface area (Å²) < 4.78 is 59.6. The number of hydrogen-bond donors (Lipinski definition) is 4. The number of aromatic nitrogens is 3. The number of nitrogens with zero attached hydrogens (tertiary/aromatic N) is 5. The molecule has 0 bridgehead atoms. The van der Waals surface area contributed by atoms with Gasteiger partial charge in [-0.1, -0.05) is 5.22 Å². The summed E-state index contributed by atoms with van der Waals surface area (Å²) in [6, 6.07) is 9.65. The second-order valence-corrected chi connectivity index (χ2v) is 7.98. The lowest BCUT2D eigenvalue weighted by molar-refractivity contribution is -0.139. The molecular formula is C24H21F4N9O2. The fraction of sp³-hybridized carbons (Fsp3) is 0.167. The Morgan fingerprint density at radius 3 is 2.69 bits per heavy atom. The number of anilines is 1. The van der Waals surface area contributed by atoms with Crippen LogP contribution in [-0.2, 0) is 12.7 Å². The minimum atomic E-state index is -4.90. The Kier molecular flexibility index (Phi) is 8.10. The summed E-state index contributed by atoms with van der Waals surface area (Å²) in [6.45, 7) is 0.706. The molecule has 0 fully saturated rings. The van der Waals surface area contributed by atoms with Gasteiger partial charge in [-0.25, -0.2) is 19.2 Å². The van der Waals surface area contributed by atoms with E-state index in [0.29, 0.717) is 53.4 Å². The van der Waals surface area contributed by atoms with Crippen LogP contribution in [0, 0.1) is 11.3 Å². The highest BCUT2D eigenvalue weighted by molar-refractivity contribution is 5.98. The van der Waals surface area contributed by atoms with Crippen LogP contribution in [0.15, 0.2) is 71.4 Å². The molecule has 0 atom stereocenters. The summed E-state index contributed by atoms with van der Waals surface area (Å²) in [4.78, 5) is 21.0. The molecule has 0 spiro atoms. The van der Waals surface area contributed by atoms with Crippen molar-refractivity contribution < 1.29 is 27.1 Å². The number of halogens is 4. The van der Waals surface area contributed by atoms with E-state index in [1.165, 1.54) is 17.1 Å². The minimum Gasteiger partial charge on any atom is -0.439 e. The van der Waals surface area contributed by atoms with Crippen LogP contribution < -0.4 is 20.7 Å². The van der Waals surface area contributed by atoms with Gasteiger partial charge in [-0.05, 0) is 42.5 Å². The number of nitrogens with one attached hydrogen (secondary N) is 4. The van der Waals surface area contributed by atoms with Gasteiger partial charge >= 0.3 is 12.2 Å². The maximum absolute atomic E-state index is 13.5. The smallest absolute Gasteiger partial charge is 0.419 e. The Hall–Kier alpha value is -4.92. The normalized spacial score (nSPS) is 11.9. The monoisotopic (exact) mass is 543 g/mol. The van der Waals surface area contributed by atoms with Crippen molar-refractivity contribution in [1.82, 2.24) is 25.2 Å². The highest BCUT2D eigenvalue weighted by Gasteiger charge is 2.34. The largest absolute Gasteiger partial charge is 0.439 e. The van der Waals surface area contributed by atoms with Crippen molar-refractivity contribution in [1.29, 1.82) is 5.53 Å². The molecule has 2 aromatic heterocycles. The Bertz CT molecular complexity index is 1540. The molecule has 4 rings (SSSR count). The van der Waals surface area contributed by atoms with Crippen LogP contribution in [0.3, 0.4) is 0 Å². The molecule has 39 heavy (non-hydrogen) atoms. The first-order valence-electron chi connectivity index (χ1n) is 11.3. The summed E-state index contributed by atoms with van der Waals surface area (Å²) in [7, 11) is 1.67. The first-order chi connectivity index (χ1) is 18.7. The summed E-state index contributed by atoms with van der Waals surface area (Å²) >= 11 is 0. The second-order valence-electron chi connectivity index (χ2n) is 7.98. The molecule has 2 heterocycles. The van der Waals surface area contributed by atoms with E-state index in [2.05, 4.69) is 36.2 Å². The molecule has 4 aromatic rings. The number of amidine groups is 1. The van der Waals surface area contributed by atoms with Crippen LogP contribution in [0.5, 0.6) is 11.6 Å². The average Bonchev–Trinajstić information content (AvgIpc) is 3.32. The molecule has 15 heteroatoms. The van der Waals surface area contributed by atoms with E-state index in [9.17, 15) is 22.4 Å². The Morgan fingerprint density at radius 2 is 1.95 bits per heavy atom. The van der Waals surface area contributed by atoms with Crippen LogP contribution in [0.25, 0.3) is 10.9 Å². The topological polar surface area (TPSA) is 142 Å². The van der Waals surface area contributed by atoms with Crippen molar-refractivity contribution in [2.75, 3.05) is 18.9 Å². The number of hydrogen-bond acceptors (Lipinski definition) is 7. The fourth-order valence-corrected chi connectivity index (χ4v) is 3.56. The molecule has 202 valence electrons. The first-order valence-corrected chi connectivity index (χ1v) is 11.3. The van der Waals surface area contributed by atoms with Gasteiger partial charge in [0.25, 0.3) is 0 Å². The molecule has 1 amide bonds. The van der Waals surface area contributed by atoms with Crippen molar-refractivity contribution in [3.05, 3.63) is 78.1 Å². The van der Waals surface area contributed by atoms with E-state index in [4.69, 9.17) is 10.3 Å². The maximum atomic E-state index is 13.5. The zero-order valence-corrected chi connectivity index (χ0v) is 20.3. The number of likely N-dealkylation sites (N-methyl/N-ethyl adjacent to an activating group) is 1. The van der Waals surface area contributed by atoms with Crippen LogP contribution in [0.1, 0.15) is 11.3 Å². The standard InChI is InChI=1S/C24H21F4N9O2/c1-30-21(35-36-29)12-31-11-16-10-22(33-13-32-16)39-17-3-5-20-14(8-17)6-7-37(20)23(38)34-15-2-4-19(25)18(9-15)24(26,27)28/h2-10,13,31H,11-12H2,1H3,(H,34,38)(H2,29,30,35). The molecular weight excluding hydrogens is 522 g/mol. The molecule has 0 radical (unpaired) electrons. The van der Waals surface area contributed by atoms with Gasteiger partial charge in [-0.15, -0.1) is 5.10 Å². The van der Waals surface area contributed by atoms with E-state index in [1.807, 2.05) is 0 Å². The van der Waals surface area contributed by atoms with Crippen LogP contribution in [0.2, 0.25) is 0 Å². The van der Waals surface area contributed by atoms with Gasteiger partial charge < -0.3 is 20.7 Å². The first kappa shape index (κ1) is 27.1. The average molecular weight is 543 g/mol. The third kappa shape index (κ3) is 6.70. The third-order valence-corrected chi connectivity index (χ3v) is 5.38. The van der Waals surface area contributed by atoms with Gasteiger partial charge in [0.1, 0.15) is 23.7 Å². The molecule has 11 nitrogen and oxygen atoms in total. The molecule has 0 aliphatic rings. The van der Waals surface area contributed by atoms with E-state index in [1.54, 1.807) is 37.4 Å². The lowest BCUT2D eigenvalue weighted by atomic mass is 10.2. The number of rotatable bonds is 8. The number of benzene rings is 2. The van der Waals surface area contributed by atoms with Crippen molar-refractivity contribution >= 4 is 28.5 Å². The Labute approximate surface area is 218 Å². The minimum absolute atomic E-state index is 0.203. The lowest BCUT2D eigenvalue weighted by Crippen LogP contribution is -2.31. The van der Waals surface area contributed by atoms with Gasteiger partial charge in [0.05, 0.1) is 23.3 Å². The Morgan fingerprint density at radius 1 is 1.13 bits per heavy atom. The van der Waals surface area contributed by atoms with Crippen LogP contribution in [-0.4, -0.2) is 40.0 Å². The summed E-state index contributed by atoms with van der Waals surface area (Å²) in [5.74, 6) is -0.249. The van der Waals surface area contributed by atoms with E-state index in [-0.39, 0.29) is 11.6 Å². The predicted molar refractivity (Wildman–Crippen MR) is 133 cm³/mol. The van der Waals surface area contributed by atoms with Crippen LogP contribution >= 0.6 is 0 Å². The fourth-order valence-electron chi connectivity index (χ4n) is 3.56. The number of alkyl halides is 3. The summed E-state index contributed by atoms with van der Waals surface area (Å²) in [5.41, 5.74) is 6.21. The predicted octanol–water partition coefficient (Wildman–Crippen LogP) is 5.12. The van der Waals surface area contributed by atoms with E-state index < -0.39 is 23.6 Å². The van der Waals surface area contributed by atoms with Crippen molar-refractivity contribution in [3.8, 4) is 11.6 Å². The van der Waals surface area contributed by atoms with E-state index >= 15 is 0 Å². The van der Waals surface area contributed by atoms with Gasteiger partial charge in [-0.3, -0.25) is 4.57 Å².